The first-order chi connectivity index (χ1) is 11.8. The van der Waals surface area contributed by atoms with Gasteiger partial charge in [-0.15, -0.1) is 0 Å². The summed E-state index contributed by atoms with van der Waals surface area (Å²) in [5.74, 6) is -0.136. The lowest BCUT2D eigenvalue weighted by Gasteiger charge is -2.09. The van der Waals surface area contributed by atoms with Crippen LogP contribution in [0.5, 0.6) is 0 Å². The number of aryl methyl sites for hydroxylation is 2. The number of H-pyrrole nitrogens is 1. The van der Waals surface area contributed by atoms with Crippen LogP contribution >= 0.6 is 0 Å². The second kappa shape index (κ2) is 6.52. The maximum Gasteiger partial charge on any atom is 0.266 e. The molecule has 0 saturated heterocycles. The summed E-state index contributed by atoms with van der Waals surface area (Å²) in [6, 6.07) is 9.08. The lowest BCUT2D eigenvalue weighted by molar-refractivity contribution is 0.600. The SMILES string of the molecule is Cc1n[nH]c(C)c1S(=O)(=O)Nc1ccc(Nc2ccc(F)cc2)cn1. The number of anilines is 3. The van der Waals surface area contributed by atoms with Crippen LogP contribution in [0.4, 0.5) is 21.6 Å². The highest BCUT2D eigenvalue weighted by Gasteiger charge is 2.22. The first kappa shape index (κ1) is 16.9. The summed E-state index contributed by atoms with van der Waals surface area (Å²) in [7, 11) is -3.78. The largest absolute Gasteiger partial charge is 0.354 e. The van der Waals surface area contributed by atoms with Gasteiger partial charge in [0.25, 0.3) is 10.0 Å². The molecule has 3 aromatic rings. The van der Waals surface area contributed by atoms with Crippen molar-refractivity contribution in [3.8, 4) is 0 Å². The van der Waals surface area contributed by atoms with Crippen molar-refractivity contribution in [2.24, 2.45) is 0 Å². The van der Waals surface area contributed by atoms with E-state index in [1.54, 1.807) is 32.0 Å². The number of aromatic amines is 1. The van der Waals surface area contributed by atoms with E-state index in [0.717, 1.165) is 0 Å². The molecular formula is C16H16FN5O2S. The van der Waals surface area contributed by atoms with Gasteiger partial charge in [0.15, 0.2) is 0 Å². The number of sulfonamides is 1. The van der Waals surface area contributed by atoms with E-state index in [1.165, 1.54) is 24.4 Å². The van der Waals surface area contributed by atoms with Crippen LogP contribution in [-0.2, 0) is 10.0 Å². The van der Waals surface area contributed by atoms with Gasteiger partial charge in [0.05, 0.1) is 23.3 Å². The van der Waals surface area contributed by atoms with Gasteiger partial charge in [-0.2, -0.15) is 5.10 Å². The van der Waals surface area contributed by atoms with Crippen molar-refractivity contribution in [1.82, 2.24) is 15.2 Å². The van der Waals surface area contributed by atoms with Crippen molar-refractivity contribution >= 4 is 27.2 Å². The van der Waals surface area contributed by atoms with Crippen molar-refractivity contribution in [1.29, 1.82) is 0 Å². The third kappa shape index (κ3) is 3.77. The summed E-state index contributed by atoms with van der Waals surface area (Å²) >= 11 is 0. The highest BCUT2D eigenvalue weighted by atomic mass is 32.2. The zero-order valence-electron chi connectivity index (χ0n) is 13.5. The third-order valence-electron chi connectivity index (χ3n) is 3.46. The van der Waals surface area contributed by atoms with Crippen LogP contribution in [0.2, 0.25) is 0 Å². The Morgan fingerprint density at radius 1 is 1.04 bits per heavy atom. The van der Waals surface area contributed by atoms with Crippen molar-refractivity contribution in [3.05, 3.63) is 59.8 Å². The van der Waals surface area contributed by atoms with Crippen LogP contribution in [0.15, 0.2) is 47.5 Å². The molecule has 7 nitrogen and oxygen atoms in total. The van der Waals surface area contributed by atoms with E-state index in [0.29, 0.717) is 22.8 Å². The molecule has 3 N–H and O–H groups in total. The Bertz CT molecular complexity index is 963. The molecule has 9 heteroatoms. The number of rotatable bonds is 5. The molecule has 25 heavy (non-hydrogen) atoms. The summed E-state index contributed by atoms with van der Waals surface area (Å²) in [4.78, 5) is 4.20. The van der Waals surface area contributed by atoms with E-state index >= 15 is 0 Å². The molecule has 0 unspecified atom stereocenters. The van der Waals surface area contributed by atoms with E-state index in [1.807, 2.05) is 0 Å². The van der Waals surface area contributed by atoms with Gasteiger partial charge in [0.1, 0.15) is 16.5 Å². The van der Waals surface area contributed by atoms with Crippen LogP contribution in [0.1, 0.15) is 11.4 Å². The summed E-state index contributed by atoms with van der Waals surface area (Å²) in [6.07, 6.45) is 1.48. The van der Waals surface area contributed by atoms with Crippen LogP contribution < -0.4 is 10.0 Å². The number of aromatic nitrogens is 3. The molecule has 0 aliphatic carbocycles. The number of hydrogen-bond acceptors (Lipinski definition) is 5. The third-order valence-corrected chi connectivity index (χ3v) is 5.08. The van der Waals surface area contributed by atoms with Crippen molar-refractivity contribution in [2.75, 3.05) is 10.0 Å². The summed E-state index contributed by atoms with van der Waals surface area (Å²) in [5, 5.41) is 9.58. The van der Waals surface area contributed by atoms with Crippen LogP contribution in [0.25, 0.3) is 0 Å². The predicted octanol–water partition coefficient (Wildman–Crippen LogP) is 3.11. The van der Waals surface area contributed by atoms with Gasteiger partial charge in [-0.1, -0.05) is 0 Å². The van der Waals surface area contributed by atoms with Crippen molar-refractivity contribution < 1.29 is 12.8 Å². The minimum atomic E-state index is -3.78. The van der Waals surface area contributed by atoms with E-state index in [4.69, 9.17) is 0 Å². The summed E-state index contributed by atoms with van der Waals surface area (Å²) in [5.41, 5.74) is 2.19. The maximum absolute atomic E-state index is 12.9. The molecule has 0 fully saturated rings. The number of pyridine rings is 1. The number of hydrogen-bond donors (Lipinski definition) is 3. The van der Waals surface area contributed by atoms with Crippen LogP contribution in [0, 0.1) is 19.7 Å². The minimum absolute atomic E-state index is 0.114. The molecule has 130 valence electrons. The standard InChI is InChI=1S/C16H16FN5O2S/c1-10-16(11(2)21-20-10)25(23,24)22-15-8-7-14(9-18-15)19-13-5-3-12(17)4-6-13/h3-9,19H,1-2H3,(H,18,22)(H,20,21). The Kier molecular flexibility index (Phi) is 4.41. The predicted molar refractivity (Wildman–Crippen MR) is 92.8 cm³/mol. The van der Waals surface area contributed by atoms with Gasteiger partial charge in [0, 0.05) is 5.69 Å². The summed E-state index contributed by atoms with van der Waals surface area (Å²) < 4.78 is 40.2. The fourth-order valence-corrected chi connectivity index (χ4v) is 3.73. The molecule has 3 rings (SSSR count). The van der Waals surface area contributed by atoms with Gasteiger partial charge >= 0.3 is 0 Å². The smallest absolute Gasteiger partial charge is 0.266 e. The fourth-order valence-electron chi connectivity index (χ4n) is 2.35. The lowest BCUT2D eigenvalue weighted by atomic mass is 10.3. The molecule has 0 aliphatic heterocycles. The Balaban J connectivity index is 1.75. The number of halogens is 1. The van der Waals surface area contributed by atoms with E-state index in [-0.39, 0.29) is 16.5 Å². The van der Waals surface area contributed by atoms with Crippen LogP contribution in [-0.4, -0.2) is 23.6 Å². The zero-order valence-corrected chi connectivity index (χ0v) is 14.4. The Hall–Kier alpha value is -2.94. The molecule has 0 amide bonds. The lowest BCUT2D eigenvalue weighted by Crippen LogP contribution is -2.15. The molecular weight excluding hydrogens is 345 g/mol. The first-order valence-electron chi connectivity index (χ1n) is 7.38. The topological polar surface area (TPSA) is 99.8 Å². The second-order valence-electron chi connectivity index (χ2n) is 5.43. The molecule has 0 saturated carbocycles. The van der Waals surface area contributed by atoms with E-state index in [9.17, 15) is 12.8 Å². The molecule has 0 aliphatic rings. The molecule has 1 aromatic carbocycles. The van der Waals surface area contributed by atoms with E-state index < -0.39 is 10.0 Å². The van der Waals surface area contributed by atoms with Gasteiger partial charge < -0.3 is 5.32 Å². The van der Waals surface area contributed by atoms with Gasteiger partial charge in [-0.05, 0) is 50.2 Å². The van der Waals surface area contributed by atoms with Gasteiger partial charge in [-0.3, -0.25) is 9.82 Å². The highest BCUT2D eigenvalue weighted by molar-refractivity contribution is 7.92. The van der Waals surface area contributed by atoms with Crippen molar-refractivity contribution in [3.63, 3.8) is 0 Å². The van der Waals surface area contributed by atoms with Crippen LogP contribution in [0.3, 0.4) is 0 Å². The molecule has 0 spiro atoms. The Morgan fingerprint density at radius 3 is 2.28 bits per heavy atom. The zero-order chi connectivity index (χ0) is 18.0. The fraction of sp³-hybridized carbons (Fsp3) is 0.125. The Labute approximate surface area is 144 Å². The maximum atomic E-state index is 12.9. The number of nitrogens with one attached hydrogen (secondary N) is 3. The molecule has 0 radical (unpaired) electrons. The average molecular weight is 361 g/mol. The monoisotopic (exact) mass is 361 g/mol. The van der Waals surface area contributed by atoms with E-state index in [2.05, 4.69) is 25.2 Å². The molecule has 0 atom stereocenters. The average Bonchev–Trinajstić information content (AvgIpc) is 2.91. The molecule has 2 heterocycles. The van der Waals surface area contributed by atoms with Gasteiger partial charge in [-0.25, -0.2) is 17.8 Å². The first-order valence-corrected chi connectivity index (χ1v) is 8.86. The Morgan fingerprint density at radius 2 is 1.72 bits per heavy atom. The molecule has 2 aromatic heterocycles. The quantitative estimate of drug-likeness (QED) is 0.648. The van der Waals surface area contributed by atoms with Gasteiger partial charge in [0.2, 0.25) is 0 Å². The van der Waals surface area contributed by atoms with Crippen molar-refractivity contribution in [2.45, 2.75) is 18.7 Å². The minimum Gasteiger partial charge on any atom is -0.354 e. The summed E-state index contributed by atoms with van der Waals surface area (Å²) in [6.45, 7) is 3.25. The highest BCUT2D eigenvalue weighted by Crippen LogP contribution is 2.21. The second-order valence-corrected chi connectivity index (χ2v) is 7.05. The number of nitrogens with zero attached hydrogens (tertiary/aromatic N) is 2. The molecule has 0 bridgehead atoms. The number of benzene rings is 1. The normalized spacial score (nSPS) is 11.3.